The first-order chi connectivity index (χ1) is 8.70. The van der Waals surface area contributed by atoms with Crippen molar-refractivity contribution in [3.05, 3.63) is 42.0 Å². The van der Waals surface area contributed by atoms with Gasteiger partial charge in [-0.2, -0.15) is 0 Å². The van der Waals surface area contributed by atoms with Crippen LogP contribution in [0, 0.1) is 0 Å². The van der Waals surface area contributed by atoms with Crippen LogP contribution in [-0.2, 0) is 14.1 Å². The van der Waals surface area contributed by atoms with E-state index in [1.165, 1.54) is 13.0 Å². The first kappa shape index (κ1) is 15.4. The maximum absolute atomic E-state index is 11.4. The minimum atomic E-state index is -4.67. The van der Waals surface area contributed by atoms with E-state index in [4.69, 9.17) is 14.5 Å². The predicted octanol–water partition coefficient (Wildman–Crippen LogP) is 2.34. The molecular formula is C12H15O6P. The first-order valence-corrected chi connectivity index (χ1v) is 6.94. The summed E-state index contributed by atoms with van der Waals surface area (Å²) in [6, 6.07) is 6.15. The molecule has 0 fully saturated rings. The van der Waals surface area contributed by atoms with E-state index in [1.54, 1.807) is 25.1 Å². The molecule has 1 atom stereocenters. The van der Waals surface area contributed by atoms with Crippen molar-refractivity contribution in [1.82, 2.24) is 0 Å². The van der Waals surface area contributed by atoms with Gasteiger partial charge in [0.1, 0.15) is 11.9 Å². The van der Waals surface area contributed by atoms with Gasteiger partial charge in [-0.25, -0.2) is 9.36 Å². The molecule has 0 radical (unpaired) electrons. The Morgan fingerprint density at radius 2 is 1.95 bits per heavy atom. The number of para-hydroxylation sites is 1. The van der Waals surface area contributed by atoms with Gasteiger partial charge in [-0.3, -0.25) is 9.79 Å². The number of benzene rings is 1. The lowest BCUT2D eigenvalue weighted by atomic mass is 10.1. The smallest absolute Gasteiger partial charge is 0.454 e. The van der Waals surface area contributed by atoms with Crippen LogP contribution in [0.2, 0.25) is 0 Å². The second-order valence-electron chi connectivity index (χ2n) is 3.95. The van der Waals surface area contributed by atoms with Crippen LogP contribution >= 0.6 is 7.82 Å². The highest BCUT2D eigenvalue weighted by Crippen LogP contribution is 2.41. The Kier molecular flexibility index (Phi) is 4.89. The Morgan fingerprint density at radius 3 is 2.47 bits per heavy atom. The zero-order chi connectivity index (χ0) is 14.6. The van der Waals surface area contributed by atoms with Gasteiger partial charge in [0.05, 0.1) is 0 Å². The lowest BCUT2D eigenvalue weighted by molar-refractivity contribution is -0.143. The van der Waals surface area contributed by atoms with Crippen molar-refractivity contribution in [3.63, 3.8) is 0 Å². The molecule has 19 heavy (non-hydrogen) atoms. The zero-order valence-corrected chi connectivity index (χ0v) is 11.5. The Hall–Kier alpha value is -1.62. The highest BCUT2D eigenvalue weighted by molar-refractivity contribution is 7.46. The molecule has 2 N–H and O–H groups in total. The van der Waals surface area contributed by atoms with Gasteiger partial charge < -0.3 is 9.26 Å². The summed E-state index contributed by atoms with van der Waals surface area (Å²) in [5, 5.41) is 0. The van der Waals surface area contributed by atoms with Gasteiger partial charge >= 0.3 is 13.8 Å². The lowest BCUT2D eigenvalue weighted by Crippen LogP contribution is -2.10. The second-order valence-corrected chi connectivity index (χ2v) is 5.11. The zero-order valence-electron chi connectivity index (χ0n) is 10.6. The van der Waals surface area contributed by atoms with Crippen molar-refractivity contribution < 1.29 is 28.4 Å². The third-order valence-electron chi connectivity index (χ3n) is 2.21. The minimum Gasteiger partial charge on any atom is -0.454 e. The largest absolute Gasteiger partial charge is 0.524 e. The Labute approximate surface area is 110 Å². The molecule has 7 heteroatoms. The third-order valence-corrected chi connectivity index (χ3v) is 2.64. The molecule has 0 saturated carbocycles. The third kappa shape index (κ3) is 4.87. The second kappa shape index (κ2) is 6.02. The van der Waals surface area contributed by atoms with Crippen molar-refractivity contribution in [1.29, 1.82) is 0 Å². The monoisotopic (exact) mass is 286 g/mol. The molecule has 0 saturated heterocycles. The van der Waals surface area contributed by atoms with Gasteiger partial charge in [-0.1, -0.05) is 24.8 Å². The van der Waals surface area contributed by atoms with Crippen LogP contribution in [-0.4, -0.2) is 15.8 Å². The van der Waals surface area contributed by atoms with Crippen LogP contribution in [0.1, 0.15) is 25.5 Å². The first-order valence-electron chi connectivity index (χ1n) is 5.41. The number of phosphoric acid groups is 1. The molecule has 0 amide bonds. The summed E-state index contributed by atoms with van der Waals surface area (Å²) in [4.78, 5) is 29.0. The molecule has 0 spiro atoms. The minimum absolute atomic E-state index is 0.0298. The summed E-state index contributed by atoms with van der Waals surface area (Å²) in [7, 11) is -4.67. The number of esters is 1. The normalized spacial score (nSPS) is 12.6. The Morgan fingerprint density at radius 1 is 1.37 bits per heavy atom. The van der Waals surface area contributed by atoms with Crippen LogP contribution in [0.15, 0.2) is 36.4 Å². The van der Waals surface area contributed by atoms with Crippen LogP contribution in [0.4, 0.5) is 0 Å². The van der Waals surface area contributed by atoms with Gasteiger partial charge in [0.15, 0.2) is 0 Å². The molecule has 1 aromatic rings. The summed E-state index contributed by atoms with van der Waals surface area (Å²) in [6.45, 7) is 6.53. The maximum Gasteiger partial charge on any atom is 0.524 e. The SMILES string of the molecule is C=C(C)C(=O)OC(C)c1ccccc1OP(=O)(O)O. The highest BCUT2D eigenvalue weighted by Gasteiger charge is 2.22. The number of ether oxygens (including phenoxy) is 1. The van der Waals surface area contributed by atoms with E-state index < -0.39 is 19.9 Å². The summed E-state index contributed by atoms with van der Waals surface area (Å²) < 4.78 is 20.5. The molecule has 0 aliphatic carbocycles. The van der Waals surface area contributed by atoms with Gasteiger partial charge in [0.25, 0.3) is 0 Å². The van der Waals surface area contributed by atoms with Crippen LogP contribution in [0.25, 0.3) is 0 Å². The number of hydrogen-bond donors (Lipinski definition) is 2. The quantitative estimate of drug-likeness (QED) is 0.490. The average Bonchev–Trinajstić information content (AvgIpc) is 2.27. The van der Waals surface area contributed by atoms with E-state index in [0.717, 1.165) is 0 Å². The van der Waals surface area contributed by atoms with E-state index in [2.05, 4.69) is 11.1 Å². The molecule has 0 bridgehead atoms. The van der Waals surface area contributed by atoms with Crippen molar-refractivity contribution in [2.75, 3.05) is 0 Å². The van der Waals surface area contributed by atoms with E-state index in [0.29, 0.717) is 5.56 Å². The average molecular weight is 286 g/mol. The van der Waals surface area contributed by atoms with Crippen LogP contribution in [0.5, 0.6) is 5.75 Å². The predicted molar refractivity (Wildman–Crippen MR) is 68.4 cm³/mol. The molecular weight excluding hydrogens is 271 g/mol. The fraction of sp³-hybridized carbons (Fsp3) is 0.250. The molecule has 1 unspecified atom stereocenters. The van der Waals surface area contributed by atoms with Crippen LogP contribution < -0.4 is 4.52 Å². The van der Waals surface area contributed by atoms with E-state index in [-0.39, 0.29) is 11.3 Å². The number of carbonyl (C=O) groups is 1. The topological polar surface area (TPSA) is 93.1 Å². The molecule has 0 aliphatic heterocycles. The molecule has 0 aromatic heterocycles. The Balaban J connectivity index is 2.97. The summed E-state index contributed by atoms with van der Waals surface area (Å²) >= 11 is 0. The maximum atomic E-state index is 11.4. The van der Waals surface area contributed by atoms with E-state index in [9.17, 15) is 9.36 Å². The molecule has 0 heterocycles. The molecule has 1 rings (SSSR count). The molecule has 6 nitrogen and oxygen atoms in total. The van der Waals surface area contributed by atoms with Crippen LogP contribution in [0.3, 0.4) is 0 Å². The number of rotatable bonds is 5. The van der Waals surface area contributed by atoms with Crippen molar-refractivity contribution >= 4 is 13.8 Å². The van der Waals surface area contributed by atoms with E-state index in [1.807, 2.05) is 0 Å². The lowest BCUT2D eigenvalue weighted by Gasteiger charge is -2.17. The van der Waals surface area contributed by atoms with Gasteiger partial charge in [-0.15, -0.1) is 0 Å². The van der Waals surface area contributed by atoms with Crippen molar-refractivity contribution in [3.8, 4) is 5.75 Å². The molecule has 104 valence electrons. The van der Waals surface area contributed by atoms with Gasteiger partial charge in [0, 0.05) is 11.1 Å². The number of phosphoric ester groups is 1. The van der Waals surface area contributed by atoms with Crippen molar-refractivity contribution in [2.24, 2.45) is 0 Å². The van der Waals surface area contributed by atoms with Gasteiger partial charge in [0.2, 0.25) is 0 Å². The summed E-state index contributed by atoms with van der Waals surface area (Å²) in [6.07, 6.45) is -0.716. The summed E-state index contributed by atoms with van der Waals surface area (Å²) in [5.41, 5.74) is 0.598. The number of carbonyl (C=O) groups excluding carboxylic acids is 1. The fourth-order valence-corrected chi connectivity index (χ4v) is 1.77. The number of hydrogen-bond acceptors (Lipinski definition) is 4. The van der Waals surface area contributed by atoms with E-state index >= 15 is 0 Å². The Bertz CT molecular complexity index is 533. The summed E-state index contributed by atoms with van der Waals surface area (Å²) in [5.74, 6) is -0.615. The molecule has 0 aliphatic rings. The fourth-order valence-electron chi connectivity index (χ4n) is 1.35. The standard InChI is InChI=1S/C12H15O6P/c1-8(2)12(13)17-9(3)10-6-4-5-7-11(10)18-19(14,15)16/h4-7,9H,1H2,2-3H3,(H2,14,15,16). The highest BCUT2D eigenvalue weighted by atomic mass is 31.2. The molecule has 1 aromatic carbocycles. The van der Waals surface area contributed by atoms with Crippen molar-refractivity contribution in [2.45, 2.75) is 20.0 Å². The van der Waals surface area contributed by atoms with Gasteiger partial charge in [-0.05, 0) is 19.9 Å².